The number of halogens is 2. The van der Waals surface area contributed by atoms with Gasteiger partial charge in [0.15, 0.2) is 9.84 Å². The normalized spacial score (nSPS) is 23.8. The van der Waals surface area contributed by atoms with Gasteiger partial charge in [0.05, 0.1) is 5.25 Å². The molecule has 1 aliphatic rings. The van der Waals surface area contributed by atoms with Crippen molar-refractivity contribution in [3.05, 3.63) is 29.8 Å². The molecule has 1 fully saturated rings. The SMILES string of the molecule is CCNC1CCCC(S(=O)(=O)c2ccc(F)cc2F)C1. The van der Waals surface area contributed by atoms with Crippen molar-refractivity contribution in [2.24, 2.45) is 0 Å². The summed E-state index contributed by atoms with van der Waals surface area (Å²) in [6, 6.07) is 2.78. The number of hydrogen-bond donors (Lipinski definition) is 1. The molecule has 1 saturated carbocycles. The van der Waals surface area contributed by atoms with Gasteiger partial charge in [-0.25, -0.2) is 17.2 Å². The third-order valence-electron chi connectivity index (χ3n) is 3.76. The predicted molar refractivity (Wildman–Crippen MR) is 73.3 cm³/mol. The summed E-state index contributed by atoms with van der Waals surface area (Å²) in [5, 5.41) is 2.65. The van der Waals surface area contributed by atoms with Crippen LogP contribution in [-0.4, -0.2) is 26.3 Å². The van der Waals surface area contributed by atoms with Gasteiger partial charge >= 0.3 is 0 Å². The largest absolute Gasteiger partial charge is 0.314 e. The second-order valence-electron chi connectivity index (χ2n) is 5.16. The fourth-order valence-corrected chi connectivity index (χ4v) is 4.70. The molecule has 0 saturated heterocycles. The average Bonchev–Trinajstić information content (AvgIpc) is 2.39. The summed E-state index contributed by atoms with van der Waals surface area (Å²) < 4.78 is 51.6. The molecule has 20 heavy (non-hydrogen) atoms. The van der Waals surface area contributed by atoms with Crippen LogP contribution in [0.5, 0.6) is 0 Å². The molecule has 2 rings (SSSR count). The zero-order chi connectivity index (χ0) is 14.8. The number of sulfone groups is 1. The third kappa shape index (κ3) is 3.17. The van der Waals surface area contributed by atoms with Crippen LogP contribution >= 0.6 is 0 Å². The summed E-state index contributed by atoms with van der Waals surface area (Å²) >= 11 is 0. The molecule has 0 bridgehead atoms. The number of rotatable bonds is 4. The van der Waals surface area contributed by atoms with E-state index in [1.165, 1.54) is 0 Å². The van der Waals surface area contributed by atoms with E-state index in [1.807, 2.05) is 6.92 Å². The standard InChI is InChI=1S/C14H19F2NO2S/c1-2-17-11-4-3-5-12(9-11)20(18,19)14-7-6-10(15)8-13(14)16/h6-8,11-12,17H,2-5,9H2,1H3. The van der Waals surface area contributed by atoms with Gasteiger partial charge in [0.25, 0.3) is 0 Å². The molecule has 0 spiro atoms. The van der Waals surface area contributed by atoms with E-state index < -0.39 is 26.7 Å². The van der Waals surface area contributed by atoms with E-state index >= 15 is 0 Å². The van der Waals surface area contributed by atoms with E-state index in [1.54, 1.807) is 0 Å². The van der Waals surface area contributed by atoms with Crippen molar-refractivity contribution in [3.8, 4) is 0 Å². The molecule has 2 unspecified atom stereocenters. The highest BCUT2D eigenvalue weighted by atomic mass is 32.2. The molecule has 0 radical (unpaired) electrons. The molecular formula is C14H19F2NO2S. The van der Waals surface area contributed by atoms with Gasteiger partial charge in [0, 0.05) is 12.1 Å². The minimum atomic E-state index is -3.74. The van der Waals surface area contributed by atoms with Gasteiger partial charge in [0.2, 0.25) is 0 Å². The monoisotopic (exact) mass is 303 g/mol. The van der Waals surface area contributed by atoms with E-state index in [9.17, 15) is 17.2 Å². The zero-order valence-electron chi connectivity index (χ0n) is 11.4. The van der Waals surface area contributed by atoms with Crippen molar-refractivity contribution in [2.75, 3.05) is 6.54 Å². The van der Waals surface area contributed by atoms with Crippen LogP contribution in [0.25, 0.3) is 0 Å². The lowest BCUT2D eigenvalue weighted by Crippen LogP contribution is -2.39. The lowest BCUT2D eigenvalue weighted by Gasteiger charge is -2.29. The number of benzene rings is 1. The lowest BCUT2D eigenvalue weighted by atomic mass is 9.95. The fraction of sp³-hybridized carbons (Fsp3) is 0.571. The van der Waals surface area contributed by atoms with Crippen molar-refractivity contribution in [2.45, 2.75) is 48.8 Å². The molecule has 1 N–H and O–H groups in total. The van der Waals surface area contributed by atoms with E-state index in [0.29, 0.717) is 18.9 Å². The summed E-state index contributed by atoms with van der Waals surface area (Å²) in [5.74, 6) is -1.77. The summed E-state index contributed by atoms with van der Waals surface area (Å²) in [7, 11) is -3.74. The van der Waals surface area contributed by atoms with Crippen molar-refractivity contribution < 1.29 is 17.2 Å². The Balaban J connectivity index is 2.25. The highest BCUT2D eigenvalue weighted by Crippen LogP contribution is 2.30. The molecule has 0 heterocycles. The molecule has 2 atom stereocenters. The first-order valence-electron chi connectivity index (χ1n) is 6.87. The van der Waals surface area contributed by atoms with Crippen LogP contribution in [0.4, 0.5) is 8.78 Å². The minimum Gasteiger partial charge on any atom is -0.314 e. The first kappa shape index (κ1) is 15.4. The van der Waals surface area contributed by atoms with Crippen LogP contribution in [0.1, 0.15) is 32.6 Å². The van der Waals surface area contributed by atoms with Crippen LogP contribution in [0.15, 0.2) is 23.1 Å². The molecular weight excluding hydrogens is 284 g/mol. The van der Waals surface area contributed by atoms with Crippen LogP contribution in [0, 0.1) is 11.6 Å². The van der Waals surface area contributed by atoms with Crippen LogP contribution < -0.4 is 5.32 Å². The van der Waals surface area contributed by atoms with Crippen LogP contribution in [0.3, 0.4) is 0 Å². The van der Waals surface area contributed by atoms with Crippen LogP contribution in [0.2, 0.25) is 0 Å². The van der Waals surface area contributed by atoms with E-state index in [4.69, 9.17) is 0 Å². The molecule has 6 heteroatoms. The van der Waals surface area contributed by atoms with Gasteiger partial charge in [-0.3, -0.25) is 0 Å². The zero-order valence-corrected chi connectivity index (χ0v) is 12.2. The maximum Gasteiger partial charge on any atom is 0.184 e. The smallest absolute Gasteiger partial charge is 0.184 e. The van der Waals surface area contributed by atoms with E-state index in [0.717, 1.165) is 31.5 Å². The van der Waals surface area contributed by atoms with Crippen molar-refractivity contribution in [1.82, 2.24) is 5.32 Å². The van der Waals surface area contributed by atoms with Crippen molar-refractivity contribution in [1.29, 1.82) is 0 Å². The second kappa shape index (κ2) is 6.18. The highest BCUT2D eigenvalue weighted by Gasteiger charge is 2.34. The summed E-state index contributed by atoms with van der Waals surface area (Å²) in [5.41, 5.74) is 0. The summed E-state index contributed by atoms with van der Waals surface area (Å²) in [6.45, 7) is 2.75. The Hall–Kier alpha value is -1.01. The van der Waals surface area contributed by atoms with E-state index in [2.05, 4.69) is 5.32 Å². The van der Waals surface area contributed by atoms with Gasteiger partial charge < -0.3 is 5.32 Å². The molecule has 0 amide bonds. The second-order valence-corrected chi connectivity index (χ2v) is 7.36. The Morgan fingerprint density at radius 3 is 2.70 bits per heavy atom. The quantitative estimate of drug-likeness (QED) is 0.870. The molecule has 1 aromatic rings. The topological polar surface area (TPSA) is 46.2 Å². The Bertz CT molecular complexity index is 573. The number of nitrogens with one attached hydrogen (secondary N) is 1. The van der Waals surface area contributed by atoms with Gasteiger partial charge in [-0.05, 0) is 37.9 Å². The molecule has 3 nitrogen and oxygen atoms in total. The maximum atomic E-state index is 13.7. The van der Waals surface area contributed by atoms with Gasteiger partial charge in [-0.15, -0.1) is 0 Å². The first-order valence-corrected chi connectivity index (χ1v) is 8.42. The Kier molecular flexibility index (Phi) is 4.75. The maximum absolute atomic E-state index is 13.7. The first-order chi connectivity index (χ1) is 9.45. The van der Waals surface area contributed by atoms with E-state index in [-0.39, 0.29) is 10.9 Å². The fourth-order valence-electron chi connectivity index (χ4n) is 2.79. The van der Waals surface area contributed by atoms with Gasteiger partial charge in [0.1, 0.15) is 16.5 Å². The van der Waals surface area contributed by atoms with Gasteiger partial charge in [-0.2, -0.15) is 0 Å². The summed E-state index contributed by atoms with van der Waals surface area (Å²) in [4.78, 5) is -0.388. The lowest BCUT2D eigenvalue weighted by molar-refractivity contribution is 0.377. The van der Waals surface area contributed by atoms with Crippen molar-refractivity contribution in [3.63, 3.8) is 0 Å². The molecule has 1 aliphatic carbocycles. The Labute approximate surface area is 118 Å². The van der Waals surface area contributed by atoms with Crippen LogP contribution in [-0.2, 0) is 9.84 Å². The van der Waals surface area contributed by atoms with Gasteiger partial charge in [-0.1, -0.05) is 13.3 Å². The Morgan fingerprint density at radius 2 is 2.05 bits per heavy atom. The Morgan fingerprint density at radius 1 is 1.30 bits per heavy atom. The molecule has 0 aliphatic heterocycles. The third-order valence-corrected chi connectivity index (χ3v) is 6.01. The highest BCUT2D eigenvalue weighted by molar-refractivity contribution is 7.92. The summed E-state index contributed by atoms with van der Waals surface area (Å²) in [6.07, 6.45) is 2.74. The molecule has 0 aromatic heterocycles. The average molecular weight is 303 g/mol. The van der Waals surface area contributed by atoms with Crippen molar-refractivity contribution >= 4 is 9.84 Å². The molecule has 112 valence electrons. The number of hydrogen-bond acceptors (Lipinski definition) is 3. The minimum absolute atomic E-state index is 0.150. The predicted octanol–water partition coefficient (Wildman–Crippen LogP) is 2.66. The molecule has 1 aromatic carbocycles.